The molecule has 10 rings (SSSR count). The Morgan fingerprint density at radius 2 is 1.06 bits per heavy atom. The Balaban J connectivity index is 1.20. The minimum Gasteiger partial charge on any atom is -0.455 e. The van der Waals surface area contributed by atoms with Crippen molar-refractivity contribution >= 4 is 81.3 Å². The van der Waals surface area contributed by atoms with Gasteiger partial charge in [0.25, 0.3) is 0 Å². The van der Waals surface area contributed by atoms with E-state index < -0.39 is 0 Å². The van der Waals surface area contributed by atoms with Crippen molar-refractivity contribution in [2.24, 2.45) is 0 Å². The molecule has 0 aliphatic carbocycles. The molecule has 0 aliphatic rings. The fourth-order valence-corrected chi connectivity index (χ4v) is 8.42. The summed E-state index contributed by atoms with van der Waals surface area (Å²) < 4.78 is 9.29. The smallest absolute Gasteiger partial charge is 0.143 e. The lowest BCUT2D eigenvalue weighted by Crippen LogP contribution is -2.10. The fraction of sp³-hybridized carbons (Fsp3) is 0. The highest BCUT2D eigenvalue weighted by atomic mass is 32.1. The number of rotatable bonds is 5. The summed E-state index contributed by atoms with van der Waals surface area (Å²) in [6.07, 6.45) is 0. The molecular weight excluding hydrogens is 615 g/mol. The van der Waals surface area contributed by atoms with Crippen LogP contribution in [0.4, 0.5) is 17.1 Å². The number of nitrogens with zero attached hydrogens (tertiary/aromatic N) is 1. The molecule has 0 spiro atoms. The number of fused-ring (bicyclic) bond motifs is 8. The van der Waals surface area contributed by atoms with E-state index in [9.17, 15) is 0 Å². The molecule has 0 N–H and O–H groups in total. The Labute approximate surface area is 287 Å². The zero-order chi connectivity index (χ0) is 32.3. The fourth-order valence-electron chi connectivity index (χ4n) is 7.33. The summed E-state index contributed by atoms with van der Waals surface area (Å²) in [7, 11) is 0. The van der Waals surface area contributed by atoms with Crippen molar-refractivity contribution in [2.75, 3.05) is 4.90 Å². The quantitative estimate of drug-likeness (QED) is 0.186. The van der Waals surface area contributed by atoms with E-state index in [4.69, 9.17) is 4.42 Å². The van der Waals surface area contributed by atoms with Crippen molar-refractivity contribution in [3.8, 4) is 22.3 Å². The van der Waals surface area contributed by atoms with Gasteiger partial charge in [0.2, 0.25) is 0 Å². The van der Waals surface area contributed by atoms with Gasteiger partial charge in [0.15, 0.2) is 0 Å². The SMILES string of the molecule is c1ccc(-c2cccc(N(c3cccc(-c4ccc5sc6ccccc6c5c4)c3)c3cccc4oc5c6ccccc6ccc5c34)c2)cc1. The molecule has 0 saturated heterocycles. The number of anilines is 3. The number of hydrogen-bond acceptors (Lipinski definition) is 3. The number of benzene rings is 8. The first-order valence-corrected chi connectivity index (χ1v) is 17.4. The van der Waals surface area contributed by atoms with Gasteiger partial charge in [-0.05, 0) is 88.3 Å². The molecule has 0 radical (unpaired) electrons. The van der Waals surface area contributed by atoms with Crippen molar-refractivity contribution in [1.82, 2.24) is 0 Å². The Morgan fingerprint density at radius 1 is 0.408 bits per heavy atom. The van der Waals surface area contributed by atoms with Gasteiger partial charge in [0.1, 0.15) is 11.2 Å². The van der Waals surface area contributed by atoms with Crippen LogP contribution in [-0.4, -0.2) is 0 Å². The highest BCUT2D eigenvalue weighted by Crippen LogP contribution is 2.46. The number of thiophene rings is 1. The number of furan rings is 1. The third-order valence-electron chi connectivity index (χ3n) is 9.63. The Kier molecular flexibility index (Phi) is 6.39. The lowest BCUT2D eigenvalue weighted by atomic mass is 10.0. The summed E-state index contributed by atoms with van der Waals surface area (Å²) in [6, 6.07) is 63.2. The predicted molar refractivity (Wildman–Crippen MR) is 210 cm³/mol. The van der Waals surface area contributed by atoms with Crippen LogP contribution in [0.2, 0.25) is 0 Å². The van der Waals surface area contributed by atoms with Gasteiger partial charge in [0.05, 0.1) is 11.1 Å². The van der Waals surface area contributed by atoms with Gasteiger partial charge < -0.3 is 9.32 Å². The van der Waals surface area contributed by atoms with E-state index >= 15 is 0 Å². The topological polar surface area (TPSA) is 16.4 Å². The van der Waals surface area contributed by atoms with Crippen molar-refractivity contribution < 1.29 is 4.42 Å². The largest absolute Gasteiger partial charge is 0.455 e. The van der Waals surface area contributed by atoms with Gasteiger partial charge in [-0.2, -0.15) is 0 Å². The second-order valence-electron chi connectivity index (χ2n) is 12.5. The maximum atomic E-state index is 6.66. The molecule has 2 heterocycles. The molecule has 230 valence electrons. The summed E-state index contributed by atoms with van der Waals surface area (Å²) in [5.74, 6) is 0. The van der Waals surface area contributed by atoms with Gasteiger partial charge in [0, 0.05) is 42.3 Å². The molecule has 0 atom stereocenters. The van der Waals surface area contributed by atoms with Gasteiger partial charge in [-0.25, -0.2) is 0 Å². The molecule has 0 saturated carbocycles. The molecule has 49 heavy (non-hydrogen) atoms. The van der Waals surface area contributed by atoms with Crippen LogP contribution in [0.15, 0.2) is 180 Å². The van der Waals surface area contributed by atoms with E-state index in [1.165, 1.54) is 47.8 Å². The first-order chi connectivity index (χ1) is 24.3. The zero-order valence-electron chi connectivity index (χ0n) is 26.5. The molecule has 2 nitrogen and oxygen atoms in total. The Bertz CT molecular complexity index is 2840. The molecule has 10 aromatic rings. The maximum Gasteiger partial charge on any atom is 0.143 e. The average molecular weight is 644 g/mol. The monoisotopic (exact) mass is 643 g/mol. The molecule has 0 aliphatic heterocycles. The molecule has 2 aromatic heterocycles. The van der Waals surface area contributed by atoms with E-state index in [0.717, 1.165) is 44.4 Å². The van der Waals surface area contributed by atoms with Crippen LogP contribution in [0.5, 0.6) is 0 Å². The highest BCUT2D eigenvalue weighted by molar-refractivity contribution is 7.25. The van der Waals surface area contributed by atoms with E-state index in [-0.39, 0.29) is 0 Å². The maximum absolute atomic E-state index is 6.66. The zero-order valence-corrected chi connectivity index (χ0v) is 27.3. The van der Waals surface area contributed by atoms with E-state index in [1.807, 2.05) is 11.3 Å². The van der Waals surface area contributed by atoms with Gasteiger partial charge in [-0.3, -0.25) is 0 Å². The summed E-state index contributed by atoms with van der Waals surface area (Å²) >= 11 is 1.85. The first kappa shape index (κ1) is 27.9. The summed E-state index contributed by atoms with van der Waals surface area (Å²) in [5, 5.41) is 7.12. The van der Waals surface area contributed by atoms with Crippen molar-refractivity contribution in [1.29, 1.82) is 0 Å². The predicted octanol–water partition coefficient (Wildman–Crippen LogP) is 13.9. The summed E-state index contributed by atoms with van der Waals surface area (Å²) in [5.41, 5.74) is 9.78. The molecule has 0 amide bonds. The number of hydrogen-bond donors (Lipinski definition) is 0. The van der Waals surface area contributed by atoms with E-state index in [2.05, 4.69) is 181 Å². The van der Waals surface area contributed by atoms with Crippen LogP contribution >= 0.6 is 11.3 Å². The van der Waals surface area contributed by atoms with Gasteiger partial charge in [-0.1, -0.05) is 115 Å². The summed E-state index contributed by atoms with van der Waals surface area (Å²) in [4.78, 5) is 2.39. The second-order valence-corrected chi connectivity index (χ2v) is 13.6. The minimum atomic E-state index is 0.874. The highest BCUT2D eigenvalue weighted by Gasteiger charge is 2.21. The lowest BCUT2D eigenvalue weighted by Gasteiger charge is -2.27. The third-order valence-corrected chi connectivity index (χ3v) is 10.8. The van der Waals surface area contributed by atoms with Crippen LogP contribution in [-0.2, 0) is 0 Å². The van der Waals surface area contributed by atoms with Crippen molar-refractivity contribution in [3.63, 3.8) is 0 Å². The molecule has 3 heteroatoms. The van der Waals surface area contributed by atoms with Crippen LogP contribution < -0.4 is 4.90 Å². The average Bonchev–Trinajstić information content (AvgIpc) is 3.74. The van der Waals surface area contributed by atoms with Gasteiger partial charge in [-0.15, -0.1) is 11.3 Å². The first-order valence-electron chi connectivity index (χ1n) is 16.6. The van der Waals surface area contributed by atoms with Gasteiger partial charge >= 0.3 is 0 Å². The second kappa shape index (κ2) is 11.2. The normalized spacial score (nSPS) is 11.7. The Morgan fingerprint density at radius 3 is 1.90 bits per heavy atom. The third kappa shape index (κ3) is 4.62. The molecule has 8 aromatic carbocycles. The van der Waals surface area contributed by atoms with E-state index in [1.54, 1.807) is 0 Å². The van der Waals surface area contributed by atoms with E-state index in [0.29, 0.717) is 0 Å². The van der Waals surface area contributed by atoms with Crippen molar-refractivity contribution in [2.45, 2.75) is 0 Å². The van der Waals surface area contributed by atoms with Crippen LogP contribution in [0.25, 0.3) is 75.1 Å². The molecule has 0 unspecified atom stereocenters. The standard InChI is InChI=1S/C46H29NOS/c1-2-11-30(12-3-1)32-14-8-16-35(27-32)47(41-20-10-21-42-45(41)39-25-23-31-13-4-5-18-37(31)46(39)48-42)36-17-9-15-33(28-36)34-24-26-44-40(29-34)38-19-6-7-22-43(38)49-44/h1-29H. The summed E-state index contributed by atoms with van der Waals surface area (Å²) in [6.45, 7) is 0. The lowest BCUT2D eigenvalue weighted by molar-refractivity contribution is 0.672. The molecule has 0 bridgehead atoms. The van der Waals surface area contributed by atoms with Crippen molar-refractivity contribution in [3.05, 3.63) is 176 Å². The Hall–Kier alpha value is -6.16. The molecule has 0 fully saturated rings. The van der Waals surface area contributed by atoms with Crippen LogP contribution in [0.1, 0.15) is 0 Å². The van der Waals surface area contributed by atoms with Crippen LogP contribution in [0.3, 0.4) is 0 Å². The molecular formula is C46H29NOS. The minimum absolute atomic E-state index is 0.874. The van der Waals surface area contributed by atoms with Crippen LogP contribution in [0, 0.1) is 0 Å².